The second kappa shape index (κ2) is 12.4. The Kier molecular flexibility index (Phi) is 9.58. The summed E-state index contributed by atoms with van der Waals surface area (Å²) in [5, 5.41) is 33.6. The zero-order valence-corrected chi connectivity index (χ0v) is 31.9. The first-order valence-corrected chi connectivity index (χ1v) is 19.4. The van der Waals surface area contributed by atoms with Gasteiger partial charge < -0.3 is 34.4 Å². The molecule has 6 fully saturated rings. The highest BCUT2D eigenvalue weighted by Crippen LogP contribution is 2.89. The van der Waals surface area contributed by atoms with Crippen molar-refractivity contribution >= 4 is 5.91 Å². The lowest BCUT2D eigenvalue weighted by Crippen LogP contribution is -2.60. The number of aliphatic hydroxyl groups excluding tert-OH is 2. The van der Waals surface area contributed by atoms with Crippen LogP contribution >= 0.6 is 0 Å². The first-order valence-electron chi connectivity index (χ1n) is 19.4. The minimum Gasteiger partial charge on any atom is -0.393 e. The van der Waals surface area contributed by atoms with E-state index in [9.17, 15) is 20.1 Å². The number of nitrogens with zero attached hydrogens (tertiary/aromatic N) is 1. The van der Waals surface area contributed by atoms with E-state index >= 15 is 0 Å². The van der Waals surface area contributed by atoms with Crippen LogP contribution in [-0.4, -0.2) is 89.2 Å². The molecular weight excluding hydrogens is 606 g/mol. The zero-order chi connectivity index (χ0) is 35.2. The summed E-state index contributed by atoms with van der Waals surface area (Å²) in [7, 11) is 1.63. The Hall–Kier alpha value is -0.770. The van der Waals surface area contributed by atoms with Crippen LogP contribution in [0.25, 0.3) is 0 Å². The van der Waals surface area contributed by atoms with Crippen LogP contribution in [0.5, 0.6) is 0 Å². The molecule has 8 nitrogen and oxygen atoms in total. The number of methoxy groups -OCH3 is 1. The summed E-state index contributed by atoms with van der Waals surface area (Å²) < 4.78 is 18.7. The van der Waals surface area contributed by atoms with Gasteiger partial charge in [0, 0.05) is 25.5 Å². The molecule has 6 rings (SSSR count). The van der Waals surface area contributed by atoms with E-state index in [1.165, 1.54) is 25.7 Å². The molecule has 6 aliphatic rings. The molecule has 1 saturated heterocycles. The van der Waals surface area contributed by atoms with Crippen molar-refractivity contribution in [2.45, 2.75) is 163 Å². The maximum Gasteiger partial charge on any atom is 0.223 e. The van der Waals surface area contributed by atoms with E-state index in [0.717, 1.165) is 25.7 Å². The van der Waals surface area contributed by atoms with Crippen molar-refractivity contribution in [3.63, 3.8) is 0 Å². The third kappa shape index (κ3) is 5.47. The number of hydrogen-bond donors (Lipinski definition) is 3. The first-order chi connectivity index (χ1) is 22.3. The molecule has 2 spiro atoms. The molecule has 1 heterocycles. The van der Waals surface area contributed by atoms with Crippen LogP contribution in [-0.2, 0) is 19.0 Å². The number of amides is 1. The quantitative estimate of drug-likeness (QED) is 0.254. The Balaban J connectivity index is 1.17. The van der Waals surface area contributed by atoms with E-state index in [1.807, 2.05) is 4.90 Å². The van der Waals surface area contributed by atoms with E-state index in [2.05, 4.69) is 48.5 Å². The summed E-state index contributed by atoms with van der Waals surface area (Å²) in [6.07, 6.45) is 8.19. The maximum atomic E-state index is 12.8. The molecule has 1 amide bonds. The number of carbonyl (C=O) groups is 1. The summed E-state index contributed by atoms with van der Waals surface area (Å²) in [5.74, 6) is 2.21. The fourth-order valence-electron chi connectivity index (χ4n) is 13.4. The largest absolute Gasteiger partial charge is 0.393 e. The molecule has 276 valence electrons. The third-order valence-corrected chi connectivity index (χ3v) is 16.1. The minimum atomic E-state index is -1.24. The molecule has 6 unspecified atom stereocenters. The Morgan fingerprint density at radius 2 is 1.69 bits per heavy atom. The molecule has 0 aromatic carbocycles. The molecule has 3 N–H and O–H groups in total. The second-order valence-electron chi connectivity index (χ2n) is 19.5. The summed E-state index contributed by atoms with van der Waals surface area (Å²) in [6.45, 7) is 21.2. The van der Waals surface area contributed by atoms with Gasteiger partial charge in [-0.05, 0) is 123 Å². The normalized spacial score (nSPS) is 45.4. The lowest BCUT2D eigenvalue weighted by molar-refractivity contribution is -0.248. The number of hydrogen-bond acceptors (Lipinski definition) is 7. The fourth-order valence-corrected chi connectivity index (χ4v) is 13.4. The van der Waals surface area contributed by atoms with Crippen LogP contribution in [0.3, 0.4) is 0 Å². The SMILES string of the molecule is COC(C[C@@H](C)[C@H]1C[C@H](O)[C@@]2(C)C3CC[C@H]4C(C)(C)C(O[C@H]5CN(C(=O)CC(C)C)CCO5)CCC45CC35CCC12C)[C@H](O)C(C)(C)O. The smallest absolute Gasteiger partial charge is 0.223 e. The Labute approximate surface area is 291 Å². The number of aliphatic hydroxyl groups is 3. The molecule has 1 aliphatic heterocycles. The van der Waals surface area contributed by atoms with Gasteiger partial charge in [0.1, 0.15) is 6.10 Å². The Morgan fingerprint density at radius 3 is 2.33 bits per heavy atom. The average Bonchev–Trinajstić information content (AvgIpc) is 3.63. The number of morpholine rings is 1. The lowest BCUT2D eigenvalue weighted by atomic mass is 9.41. The monoisotopic (exact) mass is 676 g/mol. The van der Waals surface area contributed by atoms with Crippen LogP contribution < -0.4 is 0 Å². The molecule has 8 heteroatoms. The zero-order valence-electron chi connectivity index (χ0n) is 31.9. The van der Waals surface area contributed by atoms with E-state index in [1.54, 1.807) is 21.0 Å². The second-order valence-corrected chi connectivity index (χ2v) is 19.5. The lowest BCUT2D eigenvalue weighted by Gasteiger charge is -2.64. The molecule has 5 aliphatic carbocycles. The van der Waals surface area contributed by atoms with Crippen molar-refractivity contribution in [3.05, 3.63) is 0 Å². The highest BCUT2D eigenvalue weighted by Gasteiger charge is 2.83. The van der Waals surface area contributed by atoms with E-state index in [4.69, 9.17) is 14.2 Å². The van der Waals surface area contributed by atoms with Crippen LogP contribution in [0.1, 0.15) is 127 Å². The van der Waals surface area contributed by atoms with Crippen molar-refractivity contribution in [2.24, 2.45) is 56.7 Å². The van der Waals surface area contributed by atoms with E-state index < -0.39 is 17.8 Å². The van der Waals surface area contributed by atoms with Crippen molar-refractivity contribution in [3.8, 4) is 0 Å². The van der Waals surface area contributed by atoms with Gasteiger partial charge in [-0.15, -0.1) is 0 Å². The molecule has 5 saturated carbocycles. The van der Waals surface area contributed by atoms with Gasteiger partial charge in [0.25, 0.3) is 0 Å². The first kappa shape index (κ1) is 37.0. The van der Waals surface area contributed by atoms with Crippen molar-refractivity contribution in [1.82, 2.24) is 4.90 Å². The molecule has 0 bridgehead atoms. The van der Waals surface area contributed by atoms with Gasteiger partial charge in [0.2, 0.25) is 5.91 Å². The van der Waals surface area contributed by atoms with Gasteiger partial charge >= 0.3 is 0 Å². The van der Waals surface area contributed by atoms with Crippen molar-refractivity contribution < 1.29 is 34.3 Å². The Morgan fingerprint density at radius 1 is 1.02 bits per heavy atom. The molecule has 13 atom stereocenters. The molecule has 0 aromatic heterocycles. The summed E-state index contributed by atoms with van der Waals surface area (Å²) in [4.78, 5) is 14.8. The van der Waals surface area contributed by atoms with Crippen LogP contribution in [0.15, 0.2) is 0 Å². The summed E-state index contributed by atoms with van der Waals surface area (Å²) in [5.41, 5.74) is -0.780. The number of rotatable bonds is 10. The van der Waals surface area contributed by atoms with Crippen LogP contribution in [0, 0.1) is 56.7 Å². The van der Waals surface area contributed by atoms with Crippen LogP contribution in [0.2, 0.25) is 0 Å². The number of carbonyl (C=O) groups excluding carboxylic acids is 1. The predicted octanol–water partition coefficient (Wildman–Crippen LogP) is 6.19. The molecule has 0 aromatic rings. The standard InChI is InChI=1S/C40H69NO7/c1-24(2)19-32(43)41-17-18-47-33(22-41)48-31-13-14-39-23-40(39)16-15-37(8)26(25(3)20-27(46-10)34(44)36(6,7)45)21-30(42)38(37,9)29(40)12-11-28(39)35(31,4)5/h24-31,33-34,42,44-45H,11-23H2,1-10H3/t25-,26-,27?,28+,29?,30+,31?,33+,34+,37?,38-,39?,40?/m1/s1. The van der Waals surface area contributed by atoms with E-state index in [-0.39, 0.29) is 46.6 Å². The third-order valence-electron chi connectivity index (χ3n) is 16.1. The minimum absolute atomic E-state index is 0.00335. The summed E-state index contributed by atoms with van der Waals surface area (Å²) in [6, 6.07) is 0. The van der Waals surface area contributed by atoms with Gasteiger partial charge in [-0.1, -0.05) is 48.5 Å². The fraction of sp³-hybridized carbons (Fsp3) is 0.975. The Bertz CT molecular complexity index is 1200. The topological polar surface area (TPSA) is 109 Å². The molecule has 0 radical (unpaired) electrons. The average molecular weight is 676 g/mol. The van der Waals surface area contributed by atoms with Gasteiger partial charge in [-0.3, -0.25) is 4.79 Å². The van der Waals surface area contributed by atoms with Crippen molar-refractivity contribution in [1.29, 1.82) is 0 Å². The van der Waals surface area contributed by atoms with Crippen LogP contribution in [0.4, 0.5) is 0 Å². The van der Waals surface area contributed by atoms with Gasteiger partial charge in [-0.2, -0.15) is 0 Å². The predicted molar refractivity (Wildman–Crippen MR) is 186 cm³/mol. The molecule has 48 heavy (non-hydrogen) atoms. The highest BCUT2D eigenvalue weighted by atomic mass is 16.7. The van der Waals surface area contributed by atoms with Crippen molar-refractivity contribution in [2.75, 3.05) is 26.8 Å². The van der Waals surface area contributed by atoms with Gasteiger partial charge in [0.05, 0.1) is 37.1 Å². The van der Waals surface area contributed by atoms with E-state index in [0.29, 0.717) is 67.0 Å². The summed E-state index contributed by atoms with van der Waals surface area (Å²) >= 11 is 0. The maximum absolute atomic E-state index is 12.8. The number of ether oxygens (including phenoxy) is 3. The molecular formula is C40H69NO7. The number of fused-ring (bicyclic) bond motifs is 2. The van der Waals surface area contributed by atoms with Gasteiger partial charge in [-0.25, -0.2) is 0 Å². The van der Waals surface area contributed by atoms with Gasteiger partial charge in [0.15, 0.2) is 6.29 Å². The highest BCUT2D eigenvalue weighted by molar-refractivity contribution is 5.76.